The van der Waals surface area contributed by atoms with Gasteiger partial charge in [-0.1, -0.05) is 36.3 Å². The molecule has 0 saturated heterocycles. The number of sulfonamides is 1. The summed E-state index contributed by atoms with van der Waals surface area (Å²) in [5, 5.41) is 20.0. The maximum atomic E-state index is 13.0. The van der Waals surface area contributed by atoms with Gasteiger partial charge >= 0.3 is 5.97 Å². The van der Waals surface area contributed by atoms with E-state index in [2.05, 4.69) is 22.6 Å². The lowest BCUT2D eigenvalue weighted by molar-refractivity contribution is -0.138. The minimum absolute atomic E-state index is 0.0871. The zero-order valence-corrected chi connectivity index (χ0v) is 21.4. The molecule has 0 aliphatic heterocycles. The van der Waals surface area contributed by atoms with Gasteiger partial charge in [-0.15, -0.1) is 5.92 Å². The van der Waals surface area contributed by atoms with E-state index in [0.29, 0.717) is 28.8 Å². The summed E-state index contributed by atoms with van der Waals surface area (Å²) in [4.78, 5) is 12.1. The number of rotatable bonds is 10. The van der Waals surface area contributed by atoms with Crippen LogP contribution in [0.4, 0.5) is 0 Å². The summed E-state index contributed by atoms with van der Waals surface area (Å²) in [6, 6.07) is 21.3. The van der Waals surface area contributed by atoms with E-state index < -0.39 is 22.0 Å². The molecular weight excluding hydrogens is 502 g/mol. The molecule has 0 aliphatic rings. The number of carbonyl (C=O) groups is 1. The van der Waals surface area contributed by atoms with Gasteiger partial charge in [0.25, 0.3) is 0 Å². The Morgan fingerprint density at radius 2 is 1.84 bits per heavy atom. The van der Waals surface area contributed by atoms with Gasteiger partial charge in [-0.25, -0.2) is 8.42 Å². The number of aliphatic carboxylic acids is 1. The van der Waals surface area contributed by atoms with Crippen molar-refractivity contribution >= 4 is 26.9 Å². The van der Waals surface area contributed by atoms with Crippen LogP contribution in [0.25, 0.3) is 10.9 Å². The number of nitrogens with one attached hydrogen (secondary N) is 1. The van der Waals surface area contributed by atoms with Crippen molar-refractivity contribution in [2.45, 2.75) is 30.8 Å². The summed E-state index contributed by atoms with van der Waals surface area (Å²) in [5.74, 6) is 4.59. The number of nitriles is 1. The first-order valence-corrected chi connectivity index (χ1v) is 13.2. The molecule has 2 N–H and O–H groups in total. The molecular formula is C29H25N3O5S. The summed E-state index contributed by atoms with van der Waals surface area (Å²) in [6.45, 7) is 2.39. The van der Waals surface area contributed by atoms with Gasteiger partial charge < -0.3 is 14.4 Å². The molecule has 4 aromatic rings. The fraction of sp³-hybridized carbons (Fsp3) is 0.172. The molecule has 4 rings (SSSR count). The number of aromatic nitrogens is 1. The van der Waals surface area contributed by atoms with Crippen LogP contribution in [0.1, 0.15) is 23.6 Å². The van der Waals surface area contributed by atoms with E-state index in [1.165, 1.54) is 24.3 Å². The van der Waals surface area contributed by atoms with Crippen LogP contribution in [0.3, 0.4) is 0 Å². The molecule has 38 heavy (non-hydrogen) atoms. The minimum atomic E-state index is -4.15. The molecule has 0 amide bonds. The largest absolute Gasteiger partial charge is 0.481 e. The number of benzene rings is 3. The highest BCUT2D eigenvalue weighted by Crippen LogP contribution is 2.26. The van der Waals surface area contributed by atoms with E-state index in [1.54, 1.807) is 19.1 Å². The van der Waals surface area contributed by atoms with Crippen LogP contribution in [0.15, 0.2) is 83.9 Å². The molecule has 0 bridgehead atoms. The standard InChI is InChI=1S/C29H25N3O5S/c1-2-3-15-37-24-10-12-25(13-11-24)38(35,36)31-27(29(33)34)17-23-20-32(19-21-7-5-4-6-8-21)28-14-9-22(18-30)16-26(23)28/h4-14,16,20,27,31H,15,17,19H2,1H3,(H,33,34). The fourth-order valence-corrected chi connectivity index (χ4v) is 5.26. The Hall–Kier alpha value is -4.57. The Bertz CT molecular complexity index is 1660. The molecule has 8 nitrogen and oxygen atoms in total. The van der Waals surface area contributed by atoms with Gasteiger partial charge in [-0.3, -0.25) is 4.79 Å². The van der Waals surface area contributed by atoms with Crippen LogP contribution in [0.2, 0.25) is 0 Å². The molecule has 0 fully saturated rings. The molecule has 0 saturated carbocycles. The molecule has 1 unspecified atom stereocenters. The highest BCUT2D eigenvalue weighted by atomic mass is 32.2. The van der Waals surface area contributed by atoms with Crippen molar-refractivity contribution in [3.05, 3.63) is 95.7 Å². The third kappa shape index (κ3) is 6.22. The van der Waals surface area contributed by atoms with Crippen LogP contribution in [-0.4, -0.2) is 36.7 Å². The van der Waals surface area contributed by atoms with Gasteiger partial charge in [-0.2, -0.15) is 9.98 Å². The summed E-state index contributed by atoms with van der Waals surface area (Å²) in [6.07, 6.45) is 1.70. The average molecular weight is 528 g/mol. The molecule has 192 valence electrons. The number of nitrogens with zero attached hydrogens (tertiary/aromatic N) is 2. The van der Waals surface area contributed by atoms with E-state index in [9.17, 15) is 23.6 Å². The van der Waals surface area contributed by atoms with Crippen molar-refractivity contribution < 1.29 is 23.1 Å². The number of ether oxygens (including phenoxy) is 1. The first-order valence-electron chi connectivity index (χ1n) is 11.7. The van der Waals surface area contributed by atoms with Crippen LogP contribution >= 0.6 is 0 Å². The van der Waals surface area contributed by atoms with E-state index in [1.807, 2.05) is 47.2 Å². The molecule has 1 atom stereocenters. The van der Waals surface area contributed by atoms with Crippen molar-refractivity contribution in [2.24, 2.45) is 0 Å². The third-order valence-electron chi connectivity index (χ3n) is 5.93. The van der Waals surface area contributed by atoms with Gasteiger partial charge in [0.15, 0.2) is 0 Å². The number of carboxylic acids is 1. The summed E-state index contributed by atoms with van der Waals surface area (Å²) >= 11 is 0. The van der Waals surface area contributed by atoms with Gasteiger partial charge in [-0.05, 0) is 60.5 Å². The second-order valence-electron chi connectivity index (χ2n) is 8.51. The first kappa shape index (κ1) is 26.5. The van der Waals surface area contributed by atoms with E-state index in [4.69, 9.17) is 4.74 Å². The average Bonchev–Trinajstić information content (AvgIpc) is 3.25. The van der Waals surface area contributed by atoms with Gasteiger partial charge in [0.2, 0.25) is 10.0 Å². The minimum Gasteiger partial charge on any atom is -0.481 e. The summed E-state index contributed by atoms with van der Waals surface area (Å²) < 4.78 is 35.8. The number of hydrogen-bond donors (Lipinski definition) is 2. The van der Waals surface area contributed by atoms with Crippen molar-refractivity contribution in [1.29, 1.82) is 5.26 Å². The van der Waals surface area contributed by atoms with E-state index in [-0.39, 0.29) is 17.9 Å². The van der Waals surface area contributed by atoms with E-state index >= 15 is 0 Å². The van der Waals surface area contributed by atoms with Gasteiger partial charge in [0.1, 0.15) is 18.4 Å². The normalized spacial score (nSPS) is 11.8. The second-order valence-corrected chi connectivity index (χ2v) is 10.2. The Morgan fingerprint density at radius 3 is 2.50 bits per heavy atom. The second kappa shape index (κ2) is 11.7. The highest BCUT2D eigenvalue weighted by Gasteiger charge is 2.27. The lowest BCUT2D eigenvalue weighted by Gasteiger charge is -2.15. The lowest BCUT2D eigenvalue weighted by atomic mass is 10.0. The predicted octanol–water partition coefficient (Wildman–Crippen LogP) is 3.94. The Balaban J connectivity index is 1.61. The summed E-state index contributed by atoms with van der Waals surface area (Å²) in [5.41, 5.74) is 2.91. The number of carboxylic acid groups (broad SMARTS) is 1. The maximum Gasteiger partial charge on any atom is 0.322 e. The summed E-state index contributed by atoms with van der Waals surface area (Å²) in [7, 11) is -4.15. The first-order chi connectivity index (χ1) is 18.3. The van der Waals surface area contributed by atoms with Gasteiger partial charge in [0, 0.05) is 30.1 Å². The zero-order valence-electron chi connectivity index (χ0n) is 20.6. The van der Waals surface area contributed by atoms with Crippen molar-refractivity contribution in [1.82, 2.24) is 9.29 Å². The van der Waals surface area contributed by atoms with E-state index in [0.717, 1.165) is 11.1 Å². The van der Waals surface area contributed by atoms with Crippen LogP contribution in [0.5, 0.6) is 5.75 Å². The topological polar surface area (TPSA) is 121 Å². The molecule has 1 heterocycles. The molecule has 3 aromatic carbocycles. The van der Waals surface area contributed by atoms with Crippen molar-refractivity contribution in [2.75, 3.05) is 6.61 Å². The lowest BCUT2D eigenvalue weighted by Crippen LogP contribution is -2.42. The highest BCUT2D eigenvalue weighted by molar-refractivity contribution is 7.89. The van der Waals surface area contributed by atoms with Crippen molar-refractivity contribution in [3.63, 3.8) is 0 Å². The quantitative estimate of drug-likeness (QED) is 0.301. The van der Waals surface area contributed by atoms with Crippen LogP contribution in [0, 0.1) is 23.2 Å². The SMILES string of the molecule is CC#CCOc1ccc(S(=O)(=O)NC(Cc2cn(Cc3ccccc3)c3ccc(C#N)cc23)C(=O)O)cc1. The zero-order chi connectivity index (χ0) is 27.1. The molecule has 0 aliphatic carbocycles. The molecule has 0 radical (unpaired) electrons. The predicted molar refractivity (Wildman–Crippen MR) is 143 cm³/mol. The number of hydrogen-bond acceptors (Lipinski definition) is 5. The third-order valence-corrected chi connectivity index (χ3v) is 7.42. The van der Waals surface area contributed by atoms with Crippen LogP contribution < -0.4 is 9.46 Å². The van der Waals surface area contributed by atoms with Crippen molar-refractivity contribution in [3.8, 4) is 23.7 Å². The molecule has 1 aromatic heterocycles. The maximum absolute atomic E-state index is 13.0. The Morgan fingerprint density at radius 1 is 1.11 bits per heavy atom. The Labute approximate surface area is 221 Å². The Kier molecular flexibility index (Phi) is 8.12. The van der Waals surface area contributed by atoms with Gasteiger partial charge in [0.05, 0.1) is 16.5 Å². The van der Waals surface area contributed by atoms with Crippen LogP contribution in [-0.2, 0) is 27.8 Å². The monoisotopic (exact) mass is 527 g/mol. The smallest absolute Gasteiger partial charge is 0.322 e. The fourth-order valence-electron chi connectivity index (χ4n) is 4.08. The number of fused-ring (bicyclic) bond motifs is 1. The molecule has 0 spiro atoms. The molecule has 9 heteroatoms.